The van der Waals surface area contributed by atoms with E-state index in [1.165, 1.54) is 0 Å². The number of hydrogen-bond acceptors (Lipinski definition) is 5. The maximum Gasteiger partial charge on any atom is 0.322 e. The molecule has 6 heteroatoms. The molecule has 0 aromatic rings. The first-order chi connectivity index (χ1) is 5.56. The molecule has 0 aromatic heterocycles. The number of carbonyl (C=O) groups is 2. The SMILES string of the molecule is CC(=O)ON(CCO)CC(=O)O. The van der Waals surface area contributed by atoms with Gasteiger partial charge in [-0.1, -0.05) is 0 Å². The summed E-state index contributed by atoms with van der Waals surface area (Å²) in [6.07, 6.45) is 0. The zero-order chi connectivity index (χ0) is 9.56. The van der Waals surface area contributed by atoms with E-state index in [2.05, 4.69) is 4.84 Å². The van der Waals surface area contributed by atoms with Crippen molar-refractivity contribution in [1.82, 2.24) is 5.06 Å². The minimum absolute atomic E-state index is 0.00806. The molecular weight excluding hydrogens is 166 g/mol. The van der Waals surface area contributed by atoms with E-state index in [0.717, 1.165) is 12.0 Å². The molecule has 6 nitrogen and oxygen atoms in total. The summed E-state index contributed by atoms with van der Waals surface area (Å²) in [5.74, 6) is -1.73. The normalized spacial score (nSPS) is 9.92. The van der Waals surface area contributed by atoms with E-state index < -0.39 is 18.5 Å². The van der Waals surface area contributed by atoms with Crippen LogP contribution in [0.3, 0.4) is 0 Å². The number of hydrogen-bond donors (Lipinski definition) is 2. The number of carboxylic acids is 1. The van der Waals surface area contributed by atoms with Crippen LogP contribution in [0.25, 0.3) is 0 Å². The molecule has 0 saturated carbocycles. The highest BCUT2D eigenvalue weighted by molar-refractivity contribution is 5.70. The van der Waals surface area contributed by atoms with Crippen LogP contribution in [-0.2, 0) is 14.4 Å². The molecule has 0 amide bonds. The van der Waals surface area contributed by atoms with Crippen LogP contribution < -0.4 is 0 Å². The summed E-state index contributed by atoms with van der Waals surface area (Å²) in [5, 5.41) is 17.6. The Kier molecular flexibility index (Phi) is 4.98. The topological polar surface area (TPSA) is 87.1 Å². The van der Waals surface area contributed by atoms with Crippen molar-refractivity contribution in [2.45, 2.75) is 6.92 Å². The Labute approximate surface area is 69.3 Å². The van der Waals surface area contributed by atoms with Gasteiger partial charge in [0, 0.05) is 6.92 Å². The predicted octanol–water partition coefficient (Wildman–Crippen LogP) is -1.16. The van der Waals surface area contributed by atoms with Crippen molar-refractivity contribution >= 4 is 11.9 Å². The lowest BCUT2D eigenvalue weighted by atomic mass is 10.6. The second-order valence-electron chi connectivity index (χ2n) is 2.06. The highest BCUT2D eigenvalue weighted by atomic mass is 16.7. The van der Waals surface area contributed by atoms with Gasteiger partial charge in [0.15, 0.2) is 0 Å². The second-order valence-corrected chi connectivity index (χ2v) is 2.06. The molecule has 0 rings (SSSR count). The Morgan fingerprint density at radius 1 is 1.50 bits per heavy atom. The van der Waals surface area contributed by atoms with E-state index in [-0.39, 0.29) is 13.2 Å². The van der Waals surface area contributed by atoms with Gasteiger partial charge in [-0.05, 0) is 0 Å². The Balaban J connectivity index is 3.85. The average molecular weight is 177 g/mol. The van der Waals surface area contributed by atoms with Gasteiger partial charge in [0.1, 0.15) is 6.54 Å². The van der Waals surface area contributed by atoms with Crippen molar-refractivity contribution < 1.29 is 24.6 Å². The van der Waals surface area contributed by atoms with Crippen LogP contribution in [0.4, 0.5) is 0 Å². The van der Waals surface area contributed by atoms with Crippen molar-refractivity contribution in [3.05, 3.63) is 0 Å². The lowest BCUT2D eigenvalue weighted by molar-refractivity contribution is -0.193. The quantitative estimate of drug-likeness (QED) is 0.515. The van der Waals surface area contributed by atoms with Gasteiger partial charge in [0.2, 0.25) is 0 Å². The van der Waals surface area contributed by atoms with Gasteiger partial charge in [-0.2, -0.15) is 0 Å². The van der Waals surface area contributed by atoms with Gasteiger partial charge in [-0.25, -0.2) is 0 Å². The Hall–Kier alpha value is -1.14. The van der Waals surface area contributed by atoms with Crippen molar-refractivity contribution in [2.75, 3.05) is 19.7 Å². The second kappa shape index (κ2) is 5.50. The van der Waals surface area contributed by atoms with Crippen molar-refractivity contribution in [1.29, 1.82) is 0 Å². The van der Waals surface area contributed by atoms with Gasteiger partial charge in [-0.3, -0.25) is 9.59 Å². The summed E-state index contributed by atoms with van der Waals surface area (Å²) in [6, 6.07) is 0. The van der Waals surface area contributed by atoms with Crippen LogP contribution in [-0.4, -0.2) is 46.9 Å². The summed E-state index contributed by atoms with van der Waals surface area (Å²) < 4.78 is 0. The smallest absolute Gasteiger partial charge is 0.322 e. The summed E-state index contributed by atoms with van der Waals surface area (Å²) in [7, 11) is 0. The van der Waals surface area contributed by atoms with Gasteiger partial charge in [-0.15, -0.1) is 5.06 Å². The molecular formula is C6H11NO5. The maximum atomic E-state index is 10.4. The molecule has 0 aromatic carbocycles. The molecule has 0 unspecified atom stereocenters. The maximum absolute atomic E-state index is 10.4. The number of carbonyl (C=O) groups excluding carboxylic acids is 1. The first-order valence-corrected chi connectivity index (χ1v) is 3.32. The van der Waals surface area contributed by atoms with Gasteiger partial charge in [0.05, 0.1) is 13.2 Å². The third-order valence-corrected chi connectivity index (χ3v) is 0.919. The van der Waals surface area contributed by atoms with Crippen LogP contribution in [0.15, 0.2) is 0 Å². The van der Waals surface area contributed by atoms with Crippen molar-refractivity contribution in [3.63, 3.8) is 0 Å². The number of hydroxylamine groups is 2. The molecule has 12 heavy (non-hydrogen) atoms. The van der Waals surface area contributed by atoms with E-state index in [4.69, 9.17) is 10.2 Å². The number of nitrogens with zero attached hydrogens (tertiary/aromatic N) is 1. The number of aliphatic carboxylic acids is 1. The zero-order valence-corrected chi connectivity index (χ0v) is 6.69. The fourth-order valence-corrected chi connectivity index (χ4v) is 0.601. The molecule has 0 saturated heterocycles. The highest BCUT2D eigenvalue weighted by Crippen LogP contribution is 1.90. The monoisotopic (exact) mass is 177 g/mol. The number of carboxylic acid groups (broad SMARTS) is 1. The molecule has 2 N–H and O–H groups in total. The molecule has 0 atom stereocenters. The molecule has 0 aliphatic carbocycles. The molecule has 70 valence electrons. The van der Waals surface area contributed by atoms with E-state index in [0.29, 0.717) is 0 Å². The number of aliphatic hydroxyl groups excluding tert-OH is 1. The van der Waals surface area contributed by atoms with Gasteiger partial charge in [0.25, 0.3) is 0 Å². The fraction of sp³-hybridized carbons (Fsp3) is 0.667. The molecule has 0 aliphatic heterocycles. The van der Waals surface area contributed by atoms with E-state index in [1.807, 2.05) is 0 Å². The minimum atomic E-state index is -1.12. The van der Waals surface area contributed by atoms with Crippen molar-refractivity contribution in [2.24, 2.45) is 0 Å². The first-order valence-electron chi connectivity index (χ1n) is 3.32. The van der Waals surface area contributed by atoms with E-state index >= 15 is 0 Å². The lowest BCUT2D eigenvalue weighted by Crippen LogP contribution is -2.33. The van der Waals surface area contributed by atoms with Crippen LogP contribution in [0.5, 0.6) is 0 Å². The standard InChI is InChI=1S/C6H11NO5/c1-5(9)12-7(2-3-8)4-6(10)11/h8H,2-4H2,1H3,(H,10,11). The zero-order valence-electron chi connectivity index (χ0n) is 6.69. The molecule has 0 bridgehead atoms. The van der Waals surface area contributed by atoms with Crippen LogP contribution >= 0.6 is 0 Å². The Morgan fingerprint density at radius 2 is 2.08 bits per heavy atom. The largest absolute Gasteiger partial charge is 0.480 e. The van der Waals surface area contributed by atoms with E-state index in [1.54, 1.807) is 0 Å². The first kappa shape index (κ1) is 10.9. The molecule has 0 spiro atoms. The number of rotatable bonds is 5. The van der Waals surface area contributed by atoms with E-state index in [9.17, 15) is 9.59 Å². The molecule has 0 heterocycles. The highest BCUT2D eigenvalue weighted by Gasteiger charge is 2.11. The Bertz CT molecular complexity index is 153. The van der Waals surface area contributed by atoms with Crippen molar-refractivity contribution in [3.8, 4) is 0 Å². The Morgan fingerprint density at radius 3 is 2.42 bits per heavy atom. The van der Waals surface area contributed by atoms with Crippen LogP contribution in [0, 0.1) is 0 Å². The fourth-order valence-electron chi connectivity index (χ4n) is 0.601. The van der Waals surface area contributed by atoms with Gasteiger partial charge < -0.3 is 15.1 Å². The third-order valence-electron chi connectivity index (χ3n) is 0.919. The summed E-state index contributed by atoms with van der Waals surface area (Å²) >= 11 is 0. The predicted molar refractivity (Wildman–Crippen MR) is 38.1 cm³/mol. The average Bonchev–Trinajstić information content (AvgIpc) is 1.84. The minimum Gasteiger partial charge on any atom is -0.480 e. The summed E-state index contributed by atoms with van der Waals surface area (Å²) in [6.45, 7) is 0.457. The van der Waals surface area contributed by atoms with Crippen LogP contribution in [0.2, 0.25) is 0 Å². The number of aliphatic hydroxyl groups is 1. The summed E-state index contributed by atoms with van der Waals surface area (Å²) in [4.78, 5) is 25.0. The third kappa shape index (κ3) is 5.63. The molecule has 0 fully saturated rings. The van der Waals surface area contributed by atoms with Crippen LogP contribution in [0.1, 0.15) is 6.92 Å². The van der Waals surface area contributed by atoms with Gasteiger partial charge >= 0.3 is 11.9 Å². The summed E-state index contributed by atoms with van der Waals surface area (Å²) in [5.41, 5.74) is 0. The molecule has 0 aliphatic rings. The lowest BCUT2D eigenvalue weighted by Gasteiger charge is -2.16. The molecule has 0 radical (unpaired) electrons.